The van der Waals surface area contributed by atoms with Crippen LogP contribution in [0.1, 0.15) is 33.5 Å². The summed E-state index contributed by atoms with van der Waals surface area (Å²) < 4.78 is 24.0. The molecule has 3 rings (SSSR count). The number of carbonyl (C=O) groups excluding carboxylic acids is 3. The summed E-state index contributed by atoms with van der Waals surface area (Å²) in [5, 5.41) is 3.59. The van der Waals surface area contributed by atoms with E-state index in [1.54, 1.807) is 24.0 Å². The number of amides is 1. The molecule has 1 aliphatic heterocycles. The van der Waals surface area contributed by atoms with Gasteiger partial charge in [0.2, 0.25) is 5.76 Å². The molecule has 1 aromatic heterocycles. The summed E-state index contributed by atoms with van der Waals surface area (Å²) >= 11 is 0. The third-order valence-electron chi connectivity index (χ3n) is 4.48. The highest BCUT2D eigenvalue weighted by Crippen LogP contribution is 2.22. The van der Waals surface area contributed by atoms with Gasteiger partial charge in [-0.25, -0.2) is 9.18 Å². The average molecular weight is 389 g/mol. The van der Waals surface area contributed by atoms with Crippen LogP contribution in [0.25, 0.3) is 0 Å². The summed E-state index contributed by atoms with van der Waals surface area (Å²) in [5.74, 6) is -1.81. The number of hydrogen-bond donors (Lipinski definition) is 0. The average Bonchev–Trinajstić information content (AvgIpc) is 3.12. The van der Waals surface area contributed by atoms with Crippen LogP contribution < -0.4 is 4.90 Å². The number of aryl methyl sites for hydroxylation is 1. The number of ketones is 1. The van der Waals surface area contributed by atoms with Crippen molar-refractivity contribution in [3.63, 3.8) is 0 Å². The van der Waals surface area contributed by atoms with Crippen molar-refractivity contribution in [2.24, 2.45) is 0 Å². The van der Waals surface area contributed by atoms with Gasteiger partial charge in [-0.15, -0.1) is 0 Å². The number of halogens is 1. The number of aromatic nitrogens is 1. The van der Waals surface area contributed by atoms with E-state index in [4.69, 9.17) is 9.26 Å². The maximum atomic E-state index is 14.3. The molecule has 28 heavy (non-hydrogen) atoms. The molecule has 1 fully saturated rings. The van der Waals surface area contributed by atoms with Gasteiger partial charge < -0.3 is 19.1 Å². The van der Waals surface area contributed by atoms with Gasteiger partial charge in [0.25, 0.3) is 5.91 Å². The van der Waals surface area contributed by atoms with Gasteiger partial charge >= 0.3 is 5.97 Å². The quantitative estimate of drug-likeness (QED) is 0.569. The van der Waals surface area contributed by atoms with Crippen molar-refractivity contribution < 1.29 is 28.0 Å². The van der Waals surface area contributed by atoms with Crippen LogP contribution in [0.3, 0.4) is 0 Å². The molecule has 0 spiro atoms. The Morgan fingerprint density at radius 1 is 1.18 bits per heavy atom. The molecule has 1 aromatic carbocycles. The molecule has 0 unspecified atom stereocenters. The second kappa shape index (κ2) is 8.20. The molecule has 0 radical (unpaired) electrons. The molecule has 0 atom stereocenters. The molecule has 0 N–H and O–H groups in total. The molecule has 8 nitrogen and oxygen atoms in total. The highest BCUT2D eigenvalue weighted by molar-refractivity contribution is 5.94. The molecule has 0 aliphatic carbocycles. The lowest BCUT2D eigenvalue weighted by molar-refractivity contribution is -0.134. The van der Waals surface area contributed by atoms with E-state index in [1.807, 2.05) is 4.90 Å². The number of ether oxygens (including phenoxy) is 1. The van der Waals surface area contributed by atoms with Crippen LogP contribution in [0, 0.1) is 12.7 Å². The van der Waals surface area contributed by atoms with E-state index in [0.29, 0.717) is 43.1 Å². The Kier molecular flexibility index (Phi) is 5.72. The van der Waals surface area contributed by atoms with Gasteiger partial charge in [-0.3, -0.25) is 9.59 Å². The number of nitrogens with zero attached hydrogens (tertiary/aromatic N) is 3. The molecule has 0 bridgehead atoms. The smallest absolute Gasteiger partial charge is 0.377 e. The van der Waals surface area contributed by atoms with Crippen LogP contribution in [-0.2, 0) is 9.53 Å². The third-order valence-corrected chi connectivity index (χ3v) is 4.48. The molecule has 1 amide bonds. The highest BCUT2D eigenvalue weighted by atomic mass is 19.1. The van der Waals surface area contributed by atoms with Crippen molar-refractivity contribution in [2.45, 2.75) is 13.8 Å². The van der Waals surface area contributed by atoms with E-state index in [2.05, 4.69) is 5.16 Å². The van der Waals surface area contributed by atoms with Crippen molar-refractivity contribution in [1.29, 1.82) is 0 Å². The topological polar surface area (TPSA) is 93.0 Å². The van der Waals surface area contributed by atoms with Crippen LogP contribution in [0.15, 0.2) is 28.8 Å². The van der Waals surface area contributed by atoms with Crippen LogP contribution in [0.5, 0.6) is 0 Å². The first-order valence-corrected chi connectivity index (χ1v) is 8.79. The number of esters is 1. The molecular formula is C19H20FN3O5. The summed E-state index contributed by atoms with van der Waals surface area (Å²) in [5.41, 5.74) is 1.25. The third kappa shape index (κ3) is 4.36. The lowest BCUT2D eigenvalue weighted by Crippen LogP contribution is -2.50. The van der Waals surface area contributed by atoms with Gasteiger partial charge in [0.15, 0.2) is 12.4 Å². The van der Waals surface area contributed by atoms with Crippen molar-refractivity contribution in [3.8, 4) is 0 Å². The van der Waals surface area contributed by atoms with Crippen LogP contribution in [0.2, 0.25) is 0 Å². The fraction of sp³-hybridized carbons (Fsp3) is 0.368. The maximum Gasteiger partial charge on any atom is 0.377 e. The van der Waals surface area contributed by atoms with Gasteiger partial charge in [-0.1, -0.05) is 5.16 Å². The SMILES string of the molecule is CC(=O)c1ccc(N2CCN(C(=O)COC(=O)c3cc(C)no3)CC2)c(F)c1. The monoisotopic (exact) mass is 389 g/mol. The van der Waals surface area contributed by atoms with Crippen molar-refractivity contribution in [1.82, 2.24) is 10.1 Å². The molecule has 1 saturated heterocycles. The first kappa shape index (κ1) is 19.5. The maximum absolute atomic E-state index is 14.3. The molecule has 148 valence electrons. The molecule has 9 heteroatoms. The summed E-state index contributed by atoms with van der Waals surface area (Å²) in [6, 6.07) is 5.81. The van der Waals surface area contributed by atoms with Crippen molar-refractivity contribution in [2.75, 3.05) is 37.7 Å². The Balaban J connectivity index is 1.51. The summed E-state index contributed by atoms with van der Waals surface area (Å²) in [7, 11) is 0. The fourth-order valence-electron chi connectivity index (χ4n) is 2.93. The number of Topliss-reactive ketones (excluding diaryl/α,β-unsaturated/α-hetero) is 1. The minimum atomic E-state index is -0.750. The minimum absolute atomic E-state index is 0.0559. The molecule has 2 aromatic rings. The van der Waals surface area contributed by atoms with Crippen LogP contribution in [0.4, 0.5) is 10.1 Å². The lowest BCUT2D eigenvalue weighted by atomic mass is 10.1. The molecule has 1 aliphatic rings. The zero-order chi connectivity index (χ0) is 20.3. The summed E-state index contributed by atoms with van der Waals surface area (Å²) in [6.07, 6.45) is 0. The highest BCUT2D eigenvalue weighted by Gasteiger charge is 2.24. The Morgan fingerprint density at radius 2 is 1.89 bits per heavy atom. The Morgan fingerprint density at radius 3 is 2.46 bits per heavy atom. The van der Waals surface area contributed by atoms with Crippen LogP contribution >= 0.6 is 0 Å². The van der Waals surface area contributed by atoms with E-state index >= 15 is 0 Å². The Labute approximate surface area is 160 Å². The standard InChI is InChI=1S/C19H20FN3O5/c1-12-9-17(28-21-12)19(26)27-11-18(25)23-7-5-22(6-8-23)16-4-3-14(13(2)24)10-15(16)20/h3-4,9-10H,5-8,11H2,1-2H3. The molecular weight excluding hydrogens is 369 g/mol. The van der Waals surface area contributed by atoms with E-state index in [-0.39, 0.29) is 17.5 Å². The first-order valence-electron chi connectivity index (χ1n) is 8.79. The normalized spacial score (nSPS) is 14.1. The van der Waals surface area contributed by atoms with Gasteiger partial charge in [0, 0.05) is 37.8 Å². The fourth-order valence-corrected chi connectivity index (χ4v) is 2.93. The predicted molar refractivity (Wildman–Crippen MR) is 96.7 cm³/mol. The number of piperazine rings is 1. The van der Waals surface area contributed by atoms with Crippen molar-refractivity contribution in [3.05, 3.63) is 47.1 Å². The number of rotatable bonds is 5. The second-order valence-corrected chi connectivity index (χ2v) is 6.50. The van der Waals surface area contributed by atoms with E-state index in [0.717, 1.165) is 0 Å². The van der Waals surface area contributed by atoms with E-state index in [1.165, 1.54) is 19.1 Å². The van der Waals surface area contributed by atoms with E-state index < -0.39 is 18.4 Å². The van der Waals surface area contributed by atoms with E-state index in [9.17, 15) is 18.8 Å². The Hall–Kier alpha value is -3.23. The number of carbonyl (C=O) groups is 3. The summed E-state index contributed by atoms with van der Waals surface area (Å²) in [6.45, 7) is 4.24. The Bertz CT molecular complexity index is 903. The predicted octanol–water partition coefficient (Wildman–Crippen LogP) is 1.83. The van der Waals surface area contributed by atoms with Gasteiger partial charge in [0.05, 0.1) is 11.4 Å². The zero-order valence-electron chi connectivity index (χ0n) is 15.6. The van der Waals surface area contributed by atoms with Crippen molar-refractivity contribution >= 4 is 23.3 Å². The largest absolute Gasteiger partial charge is 0.450 e. The number of hydrogen-bond acceptors (Lipinski definition) is 7. The van der Waals surface area contributed by atoms with Gasteiger partial charge in [-0.2, -0.15) is 0 Å². The number of anilines is 1. The number of benzene rings is 1. The zero-order valence-corrected chi connectivity index (χ0v) is 15.6. The first-order chi connectivity index (χ1) is 13.3. The van der Waals surface area contributed by atoms with Gasteiger partial charge in [-0.05, 0) is 32.0 Å². The minimum Gasteiger partial charge on any atom is -0.450 e. The summed E-state index contributed by atoms with van der Waals surface area (Å²) in [4.78, 5) is 38.7. The molecule has 2 heterocycles. The lowest BCUT2D eigenvalue weighted by Gasteiger charge is -2.36. The molecule has 0 saturated carbocycles. The second-order valence-electron chi connectivity index (χ2n) is 6.50. The van der Waals surface area contributed by atoms with Gasteiger partial charge in [0.1, 0.15) is 5.82 Å². The van der Waals surface area contributed by atoms with Crippen LogP contribution in [-0.4, -0.2) is 60.5 Å².